The number of hydrogen-bond donors (Lipinski definition) is 1. The van der Waals surface area contributed by atoms with E-state index in [1.54, 1.807) is 12.1 Å². The van der Waals surface area contributed by atoms with Gasteiger partial charge in [-0.25, -0.2) is 4.79 Å². The molecule has 4 nitrogen and oxygen atoms in total. The molecule has 1 saturated heterocycles. The number of ether oxygens (including phenoxy) is 1. The van der Waals surface area contributed by atoms with Gasteiger partial charge in [-0.1, -0.05) is 0 Å². The molecule has 1 aliphatic heterocycles. The van der Waals surface area contributed by atoms with Gasteiger partial charge in [-0.05, 0) is 51.5 Å². The molecule has 0 bridgehead atoms. The molecule has 1 fully saturated rings. The molecule has 110 valence electrons. The molecule has 1 aliphatic rings. The predicted molar refractivity (Wildman–Crippen MR) is 79.0 cm³/mol. The second kappa shape index (κ2) is 5.83. The number of aliphatic hydroxyl groups is 1. The van der Waals surface area contributed by atoms with Crippen LogP contribution in [0.1, 0.15) is 37.6 Å². The van der Waals surface area contributed by atoms with Gasteiger partial charge in [-0.15, -0.1) is 0 Å². The zero-order chi connectivity index (χ0) is 14.8. The first-order valence-electron chi connectivity index (χ1n) is 7.08. The van der Waals surface area contributed by atoms with Gasteiger partial charge >= 0.3 is 5.97 Å². The van der Waals surface area contributed by atoms with Crippen molar-refractivity contribution in [2.75, 3.05) is 24.6 Å². The van der Waals surface area contributed by atoms with Crippen molar-refractivity contribution < 1.29 is 14.6 Å². The Morgan fingerprint density at radius 1 is 1.35 bits per heavy atom. The van der Waals surface area contributed by atoms with Crippen molar-refractivity contribution in [1.82, 2.24) is 0 Å². The molecule has 1 aromatic carbocycles. The second-order valence-corrected chi connectivity index (χ2v) is 6.33. The average molecular weight is 277 g/mol. The Hall–Kier alpha value is -1.55. The van der Waals surface area contributed by atoms with Crippen LogP contribution in [-0.4, -0.2) is 36.4 Å². The van der Waals surface area contributed by atoms with E-state index >= 15 is 0 Å². The lowest BCUT2D eigenvalue weighted by Crippen LogP contribution is -2.24. The minimum atomic E-state index is -0.473. The maximum atomic E-state index is 11.9. The summed E-state index contributed by atoms with van der Waals surface area (Å²) in [6, 6.07) is 7.49. The van der Waals surface area contributed by atoms with Crippen LogP contribution < -0.4 is 4.90 Å². The Labute approximate surface area is 120 Å². The summed E-state index contributed by atoms with van der Waals surface area (Å²) >= 11 is 0. The smallest absolute Gasteiger partial charge is 0.338 e. The highest BCUT2D eigenvalue weighted by Crippen LogP contribution is 2.24. The highest BCUT2D eigenvalue weighted by molar-refractivity contribution is 5.90. The van der Waals surface area contributed by atoms with E-state index in [1.807, 2.05) is 32.9 Å². The molecule has 0 aliphatic carbocycles. The molecule has 0 amide bonds. The van der Waals surface area contributed by atoms with Crippen LogP contribution in [0.4, 0.5) is 5.69 Å². The molecule has 2 rings (SSSR count). The number of rotatable bonds is 3. The fourth-order valence-electron chi connectivity index (χ4n) is 2.36. The normalized spacial score (nSPS) is 19.2. The number of nitrogens with zero attached hydrogens (tertiary/aromatic N) is 1. The number of hydrogen-bond acceptors (Lipinski definition) is 4. The van der Waals surface area contributed by atoms with Crippen LogP contribution in [0, 0.1) is 5.92 Å². The summed E-state index contributed by atoms with van der Waals surface area (Å²) in [4.78, 5) is 14.2. The number of carbonyl (C=O) groups is 1. The van der Waals surface area contributed by atoms with Gasteiger partial charge in [-0.2, -0.15) is 0 Å². The summed E-state index contributed by atoms with van der Waals surface area (Å²) in [5.74, 6) is 0.0687. The zero-order valence-corrected chi connectivity index (χ0v) is 12.4. The van der Waals surface area contributed by atoms with Gasteiger partial charge in [0, 0.05) is 31.3 Å². The summed E-state index contributed by atoms with van der Waals surface area (Å²) in [5.41, 5.74) is 1.19. The summed E-state index contributed by atoms with van der Waals surface area (Å²) in [7, 11) is 0. The van der Waals surface area contributed by atoms with Crippen LogP contribution in [0.15, 0.2) is 24.3 Å². The zero-order valence-electron chi connectivity index (χ0n) is 12.4. The monoisotopic (exact) mass is 277 g/mol. The molecule has 1 unspecified atom stereocenters. The van der Waals surface area contributed by atoms with E-state index in [0.29, 0.717) is 11.5 Å². The Morgan fingerprint density at radius 2 is 2.00 bits per heavy atom. The van der Waals surface area contributed by atoms with Crippen molar-refractivity contribution in [1.29, 1.82) is 0 Å². The molecule has 0 radical (unpaired) electrons. The summed E-state index contributed by atoms with van der Waals surface area (Å²) < 4.78 is 5.34. The quantitative estimate of drug-likeness (QED) is 0.862. The van der Waals surface area contributed by atoms with E-state index in [2.05, 4.69) is 4.90 Å². The first-order chi connectivity index (χ1) is 9.39. The predicted octanol–water partition coefficient (Wildman–Crippen LogP) is 2.46. The van der Waals surface area contributed by atoms with Crippen LogP contribution in [0.5, 0.6) is 0 Å². The van der Waals surface area contributed by atoms with Crippen LogP contribution in [0.3, 0.4) is 0 Å². The lowest BCUT2D eigenvalue weighted by atomic mass is 10.1. The van der Waals surface area contributed by atoms with E-state index < -0.39 is 5.60 Å². The number of carbonyl (C=O) groups excluding carboxylic acids is 1. The van der Waals surface area contributed by atoms with E-state index in [9.17, 15) is 4.79 Å². The number of anilines is 1. The maximum Gasteiger partial charge on any atom is 0.338 e. The van der Waals surface area contributed by atoms with Crippen molar-refractivity contribution in [3.8, 4) is 0 Å². The third-order valence-electron chi connectivity index (χ3n) is 3.41. The minimum absolute atomic E-state index is 0.243. The van der Waals surface area contributed by atoms with Crippen molar-refractivity contribution >= 4 is 11.7 Å². The lowest BCUT2D eigenvalue weighted by Gasteiger charge is -2.21. The van der Waals surface area contributed by atoms with Gasteiger partial charge in [0.15, 0.2) is 0 Å². The van der Waals surface area contributed by atoms with Crippen molar-refractivity contribution in [3.63, 3.8) is 0 Å². The number of aliphatic hydroxyl groups excluding tert-OH is 1. The molecule has 20 heavy (non-hydrogen) atoms. The SMILES string of the molecule is CC(C)(C)OC(=O)c1ccc(N2CCC(CO)C2)cc1. The van der Waals surface area contributed by atoms with Crippen LogP contribution in [0.25, 0.3) is 0 Å². The summed E-state index contributed by atoms with van der Waals surface area (Å²) in [5, 5.41) is 9.17. The molecule has 1 N–H and O–H groups in total. The number of esters is 1. The van der Waals surface area contributed by atoms with E-state index in [0.717, 1.165) is 25.2 Å². The molecule has 1 aromatic rings. The van der Waals surface area contributed by atoms with E-state index in [-0.39, 0.29) is 12.6 Å². The second-order valence-electron chi connectivity index (χ2n) is 6.33. The first kappa shape index (κ1) is 14.9. The van der Waals surface area contributed by atoms with Gasteiger partial charge in [0.05, 0.1) is 5.56 Å². The molecular weight excluding hydrogens is 254 g/mol. The Kier molecular flexibility index (Phi) is 4.33. The minimum Gasteiger partial charge on any atom is -0.456 e. The molecule has 0 saturated carbocycles. The van der Waals surface area contributed by atoms with Gasteiger partial charge in [0.25, 0.3) is 0 Å². The fraction of sp³-hybridized carbons (Fsp3) is 0.562. The van der Waals surface area contributed by atoms with Gasteiger partial charge < -0.3 is 14.7 Å². The highest BCUT2D eigenvalue weighted by atomic mass is 16.6. The molecule has 0 aromatic heterocycles. The van der Waals surface area contributed by atoms with Crippen LogP contribution in [-0.2, 0) is 4.74 Å². The van der Waals surface area contributed by atoms with Crippen molar-refractivity contribution in [2.45, 2.75) is 32.8 Å². The molecular formula is C16H23NO3. The molecule has 0 spiro atoms. The van der Waals surface area contributed by atoms with Gasteiger partial charge in [-0.3, -0.25) is 0 Å². The Balaban J connectivity index is 2.02. The van der Waals surface area contributed by atoms with Crippen LogP contribution in [0.2, 0.25) is 0 Å². The number of benzene rings is 1. The Bertz CT molecular complexity index is 462. The molecule has 1 atom stereocenters. The van der Waals surface area contributed by atoms with E-state index in [1.165, 1.54) is 0 Å². The van der Waals surface area contributed by atoms with E-state index in [4.69, 9.17) is 9.84 Å². The lowest BCUT2D eigenvalue weighted by molar-refractivity contribution is 0.00696. The van der Waals surface area contributed by atoms with Gasteiger partial charge in [0.1, 0.15) is 5.60 Å². The average Bonchev–Trinajstić information content (AvgIpc) is 2.85. The molecule has 1 heterocycles. The molecule has 4 heteroatoms. The Morgan fingerprint density at radius 3 is 2.50 bits per heavy atom. The maximum absolute atomic E-state index is 11.9. The summed E-state index contributed by atoms with van der Waals surface area (Å²) in [6.07, 6.45) is 1.02. The standard InChI is InChI=1S/C16H23NO3/c1-16(2,3)20-15(19)13-4-6-14(7-5-13)17-9-8-12(10-17)11-18/h4-7,12,18H,8-11H2,1-3H3. The fourth-order valence-corrected chi connectivity index (χ4v) is 2.36. The highest BCUT2D eigenvalue weighted by Gasteiger charge is 2.22. The van der Waals surface area contributed by atoms with Crippen molar-refractivity contribution in [3.05, 3.63) is 29.8 Å². The third-order valence-corrected chi connectivity index (χ3v) is 3.41. The third kappa shape index (κ3) is 3.73. The topological polar surface area (TPSA) is 49.8 Å². The largest absolute Gasteiger partial charge is 0.456 e. The van der Waals surface area contributed by atoms with Gasteiger partial charge in [0.2, 0.25) is 0 Å². The van der Waals surface area contributed by atoms with Crippen LogP contribution >= 0.6 is 0 Å². The first-order valence-corrected chi connectivity index (χ1v) is 7.08. The van der Waals surface area contributed by atoms with Crippen molar-refractivity contribution in [2.24, 2.45) is 5.92 Å². The summed E-state index contributed by atoms with van der Waals surface area (Å²) in [6.45, 7) is 7.65.